The van der Waals surface area contributed by atoms with Crippen LogP contribution in [0.4, 0.5) is 11.4 Å². The normalized spacial score (nSPS) is 10.3. The van der Waals surface area contributed by atoms with Crippen molar-refractivity contribution in [2.75, 3.05) is 69.5 Å². The van der Waals surface area contributed by atoms with Crippen molar-refractivity contribution in [3.05, 3.63) is 48.0 Å². The van der Waals surface area contributed by atoms with Crippen molar-refractivity contribution >= 4 is 35.3 Å². The van der Waals surface area contributed by atoms with Crippen LogP contribution in [0.3, 0.4) is 0 Å². The molecule has 0 atom stereocenters. The van der Waals surface area contributed by atoms with Gasteiger partial charge in [-0.1, -0.05) is 12.1 Å². The number of anilines is 2. The zero-order valence-electron chi connectivity index (χ0n) is 24.9. The Balaban J connectivity index is 2.57. The Morgan fingerprint density at radius 3 is 1.38 bits per heavy atom. The second-order valence-electron chi connectivity index (χ2n) is 8.72. The van der Waals surface area contributed by atoms with Crippen LogP contribution < -0.4 is 19.3 Å². The van der Waals surface area contributed by atoms with Gasteiger partial charge in [0.25, 0.3) is 0 Å². The number of methoxy groups -OCH3 is 1. The molecule has 2 aromatic rings. The second-order valence-corrected chi connectivity index (χ2v) is 8.72. The first-order valence-electron chi connectivity index (χ1n) is 13.8. The first kappa shape index (κ1) is 33.7. The summed E-state index contributed by atoms with van der Waals surface area (Å²) in [6, 6.07) is 12.3. The van der Waals surface area contributed by atoms with E-state index in [1.807, 2.05) is 24.3 Å². The fraction of sp³-hybridized carbons (Fsp3) is 0.467. The third kappa shape index (κ3) is 11.2. The molecule has 0 spiro atoms. The molecule has 0 saturated heterocycles. The standard InChI is InChI=1S/C30H40N2O10/c1-6-38-27(33)17-31(18-28(34)39-7-2)25-15-14-24(42-21-22-10-12-23(37-5)13-11-22)16-26(25)32(19-29(35)40-8-3)20-30(36)41-9-4/h10-16H,6-9,17-21H2,1-5H3. The fourth-order valence-corrected chi connectivity index (χ4v) is 3.90. The molecule has 2 aromatic carbocycles. The van der Waals surface area contributed by atoms with E-state index in [2.05, 4.69) is 0 Å². The molecule has 0 bridgehead atoms. The highest BCUT2D eigenvalue weighted by Gasteiger charge is 2.26. The van der Waals surface area contributed by atoms with Crippen molar-refractivity contribution in [3.8, 4) is 11.5 Å². The predicted octanol–water partition coefficient (Wildman–Crippen LogP) is 3.14. The van der Waals surface area contributed by atoms with Crippen LogP contribution in [-0.2, 0) is 44.7 Å². The Hall–Kier alpha value is -4.48. The first-order chi connectivity index (χ1) is 20.2. The summed E-state index contributed by atoms with van der Waals surface area (Å²) in [5, 5.41) is 0. The van der Waals surface area contributed by atoms with Crippen LogP contribution in [0.25, 0.3) is 0 Å². The number of hydrogen-bond donors (Lipinski definition) is 0. The molecule has 0 aliphatic heterocycles. The highest BCUT2D eigenvalue weighted by molar-refractivity contribution is 5.89. The monoisotopic (exact) mass is 588 g/mol. The SMILES string of the molecule is CCOC(=O)CN(CC(=O)OCC)c1ccc(OCc2ccc(OC)cc2)cc1N(CC(=O)OCC)CC(=O)OCC. The zero-order chi connectivity index (χ0) is 30.9. The molecule has 0 radical (unpaired) electrons. The summed E-state index contributed by atoms with van der Waals surface area (Å²) in [7, 11) is 1.58. The molecular weight excluding hydrogens is 548 g/mol. The van der Waals surface area contributed by atoms with E-state index in [0.29, 0.717) is 22.9 Å². The summed E-state index contributed by atoms with van der Waals surface area (Å²) < 4.78 is 31.8. The van der Waals surface area contributed by atoms with Gasteiger partial charge in [-0.15, -0.1) is 0 Å². The Bertz CT molecular complexity index is 1130. The van der Waals surface area contributed by atoms with Gasteiger partial charge in [0, 0.05) is 6.07 Å². The maximum Gasteiger partial charge on any atom is 0.325 e. The zero-order valence-corrected chi connectivity index (χ0v) is 24.9. The van der Waals surface area contributed by atoms with Gasteiger partial charge < -0.3 is 38.2 Å². The van der Waals surface area contributed by atoms with Crippen molar-refractivity contribution in [1.29, 1.82) is 0 Å². The summed E-state index contributed by atoms with van der Waals surface area (Å²) in [6.07, 6.45) is 0. The molecule has 0 aliphatic rings. The van der Waals surface area contributed by atoms with Crippen LogP contribution in [0.2, 0.25) is 0 Å². The lowest BCUT2D eigenvalue weighted by Gasteiger charge is -2.31. The van der Waals surface area contributed by atoms with Crippen molar-refractivity contribution in [3.63, 3.8) is 0 Å². The van der Waals surface area contributed by atoms with E-state index < -0.39 is 23.9 Å². The number of carbonyl (C=O) groups is 4. The van der Waals surface area contributed by atoms with Crippen LogP contribution in [0.15, 0.2) is 42.5 Å². The van der Waals surface area contributed by atoms with E-state index >= 15 is 0 Å². The van der Waals surface area contributed by atoms with Gasteiger partial charge >= 0.3 is 23.9 Å². The lowest BCUT2D eigenvalue weighted by molar-refractivity contribution is -0.144. The molecule has 0 N–H and O–H groups in total. The third-order valence-corrected chi connectivity index (χ3v) is 5.69. The molecule has 0 aromatic heterocycles. The molecule has 0 aliphatic carbocycles. The molecule has 12 heteroatoms. The second kappa shape index (κ2) is 18.1. The van der Waals surface area contributed by atoms with Crippen LogP contribution in [0.5, 0.6) is 11.5 Å². The summed E-state index contributed by atoms with van der Waals surface area (Å²) >= 11 is 0. The average molecular weight is 589 g/mol. The molecule has 230 valence electrons. The maximum absolute atomic E-state index is 12.6. The maximum atomic E-state index is 12.6. The lowest BCUT2D eigenvalue weighted by atomic mass is 10.2. The molecule has 0 saturated carbocycles. The molecule has 0 amide bonds. The first-order valence-corrected chi connectivity index (χ1v) is 13.8. The lowest BCUT2D eigenvalue weighted by Crippen LogP contribution is -2.40. The number of benzene rings is 2. The minimum absolute atomic E-state index is 0.141. The van der Waals surface area contributed by atoms with E-state index in [1.54, 1.807) is 53.0 Å². The van der Waals surface area contributed by atoms with Gasteiger partial charge in [0.1, 0.15) is 44.3 Å². The van der Waals surface area contributed by atoms with E-state index in [9.17, 15) is 19.2 Å². The van der Waals surface area contributed by atoms with Crippen LogP contribution in [-0.4, -0.2) is 83.6 Å². The van der Waals surface area contributed by atoms with Gasteiger partial charge in [-0.3, -0.25) is 19.2 Å². The highest BCUT2D eigenvalue weighted by atomic mass is 16.5. The highest BCUT2D eigenvalue weighted by Crippen LogP contribution is 2.34. The number of ether oxygens (including phenoxy) is 6. The smallest absolute Gasteiger partial charge is 0.325 e. The molecule has 0 unspecified atom stereocenters. The largest absolute Gasteiger partial charge is 0.497 e. The van der Waals surface area contributed by atoms with Gasteiger partial charge in [0.15, 0.2) is 0 Å². The van der Waals surface area contributed by atoms with Crippen molar-refractivity contribution in [2.24, 2.45) is 0 Å². The molecule has 2 rings (SSSR count). The molecule has 0 fully saturated rings. The van der Waals surface area contributed by atoms with Gasteiger partial charge in [0.05, 0.1) is 44.9 Å². The number of esters is 4. The third-order valence-electron chi connectivity index (χ3n) is 5.69. The number of carbonyl (C=O) groups excluding carboxylic acids is 4. The summed E-state index contributed by atoms with van der Waals surface area (Å²) in [5.41, 5.74) is 1.57. The number of rotatable bonds is 18. The number of nitrogens with zero attached hydrogens (tertiary/aromatic N) is 2. The van der Waals surface area contributed by atoms with E-state index in [4.69, 9.17) is 28.4 Å². The Kier molecular flexibility index (Phi) is 14.5. The quantitative estimate of drug-likeness (QED) is 0.187. The summed E-state index contributed by atoms with van der Waals surface area (Å²) in [6.45, 7) is 6.28. The van der Waals surface area contributed by atoms with E-state index in [-0.39, 0.29) is 59.2 Å². The Morgan fingerprint density at radius 1 is 0.571 bits per heavy atom. The molecule has 0 heterocycles. The Labute approximate surface area is 246 Å². The average Bonchev–Trinajstić information content (AvgIpc) is 2.96. The van der Waals surface area contributed by atoms with E-state index in [1.165, 1.54) is 9.80 Å². The molecular formula is C30H40N2O10. The van der Waals surface area contributed by atoms with Crippen molar-refractivity contribution in [1.82, 2.24) is 0 Å². The van der Waals surface area contributed by atoms with Crippen molar-refractivity contribution < 1.29 is 47.6 Å². The minimum atomic E-state index is -0.584. The number of hydrogen-bond acceptors (Lipinski definition) is 12. The van der Waals surface area contributed by atoms with Gasteiger partial charge in [-0.25, -0.2) is 0 Å². The fourth-order valence-electron chi connectivity index (χ4n) is 3.90. The Morgan fingerprint density at radius 2 is 0.976 bits per heavy atom. The van der Waals surface area contributed by atoms with Crippen molar-refractivity contribution in [2.45, 2.75) is 34.3 Å². The van der Waals surface area contributed by atoms with Crippen LogP contribution in [0, 0.1) is 0 Å². The molecule has 12 nitrogen and oxygen atoms in total. The van der Waals surface area contributed by atoms with Gasteiger partial charge in [-0.2, -0.15) is 0 Å². The summed E-state index contributed by atoms with van der Waals surface area (Å²) in [5.74, 6) is -1.19. The molecule has 42 heavy (non-hydrogen) atoms. The van der Waals surface area contributed by atoms with Crippen LogP contribution in [0.1, 0.15) is 33.3 Å². The predicted molar refractivity (Wildman–Crippen MR) is 155 cm³/mol. The van der Waals surface area contributed by atoms with Gasteiger partial charge in [-0.05, 0) is 57.5 Å². The topological polar surface area (TPSA) is 130 Å². The summed E-state index contributed by atoms with van der Waals surface area (Å²) in [4.78, 5) is 53.2. The minimum Gasteiger partial charge on any atom is -0.497 e. The van der Waals surface area contributed by atoms with Gasteiger partial charge in [0.2, 0.25) is 0 Å². The van der Waals surface area contributed by atoms with Crippen LogP contribution >= 0.6 is 0 Å². The van der Waals surface area contributed by atoms with E-state index in [0.717, 1.165) is 5.56 Å².